The molecule has 1 saturated heterocycles. The number of ether oxygens (including phenoxy) is 1. The molecule has 8 nitrogen and oxygen atoms in total. The average Bonchev–Trinajstić information content (AvgIpc) is 3.04. The third-order valence-corrected chi connectivity index (χ3v) is 5.48. The summed E-state index contributed by atoms with van der Waals surface area (Å²) in [5, 5.41) is 0. The fourth-order valence-electron chi connectivity index (χ4n) is 3.96. The molecule has 3 unspecified atom stereocenters. The number of piperidine rings is 1. The molecule has 4 rings (SSSR count). The number of hydrogen-bond acceptors (Lipinski definition) is 7. The number of carbonyl (C=O) groups is 1. The predicted molar refractivity (Wildman–Crippen MR) is 100 cm³/mol. The van der Waals surface area contributed by atoms with Gasteiger partial charge in [0.25, 0.3) is 0 Å². The third kappa shape index (κ3) is 3.22. The van der Waals surface area contributed by atoms with Crippen molar-refractivity contribution < 1.29 is 9.53 Å². The van der Waals surface area contributed by atoms with E-state index >= 15 is 0 Å². The summed E-state index contributed by atoms with van der Waals surface area (Å²) >= 11 is 0. The minimum Gasteiger partial charge on any atom is -0.465 e. The normalized spacial score (nSPS) is 25.0. The average molecular weight is 369 g/mol. The lowest BCUT2D eigenvalue weighted by Crippen LogP contribution is -2.37. The summed E-state index contributed by atoms with van der Waals surface area (Å²) in [4.78, 5) is 30.5. The Labute approximate surface area is 156 Å². The summed E-state index contributed by atoms with van der Waals surface area (Å²) in [6.45, 7) is 3.74. The van der Waals surface area contributed by atoms with Crippen molar-refractivity contribution in [2.75, 3.05) is 25.4 Å². The molecule has 1 aliphatic heterocycles. The van der Waals surface area contributed by atoms with E-state index in [1.807, 2.05) is 12.1 Å². The summed E-state index contributed by atoms with van der Waals surface area (Å²) < 4.78 is 6.71. The molecule has 2 aliphatic rings. The van der Waals surface area contributed by atoms with Crippen molar-refractivity contribution in [2.24, 2.45) is 17.6 Å². The molecule has 4 N–H and O–H groups in total. The SMILES string of the molecule is CCOC(=O)C(c1ccc(-n2ccc(N)nc2=O)cc1)N1CC2C(N)C2C1. The Balaban J connectivity index is 1.60. The smallest absolute Gasteiger partial charge is 0.354 e. The van der Waals surface area contributed by atoms with Crippen LogP contribution >= 0.6 is 0 Å². The number of rotatable bonds is 5. The van der Waals surface area contributed by atoms with E-state index in [1.165, 1.54) is 4.57 Å². The second-order valence-electron chi connectivity index (χ2n) is 7.11. The van der Waals surface area contributed by atoms with Crippen molar-refractivity contribution in [1.82, 2.24) is 14.5 Å². The van der Waals surface area contributed by atoms with Crippen LogP contribution in [0.5, 0.6) is 0 Å². The first-order chi connectivity index (χ1) is 13.0. The standard InChI is InChI=1S/C19H23N5O3/c1-2-27-18(25)17(23-9-13-14(10-23)16(13)21)11-3-5-12(6-4-11)24-8-7-15(20)22-19(24)26/h3-8,13-14,16-17H,2,9-10,21H2,1H3,(H2,20,22,26). The van der Waals surface area contributed by atoms with Crippen molar-refractivity contribution >= 4 is 11.8 Å². The summed E-state index contributed by atoms with van der Waals surface area (Å²) in [5.74, 6) is 0.869. The van der Waals surface area contributed by atoms with E-state index in [0.29, 0.717) is 24.1 Å². The van der Waals surface area contributed by atoms with Crippen LogP contribution in [0.3, 0.4) is 0 Å². The first kappa shape index (κ1) is 17.7. The van der Waals surface area contributed by atoms with Gasteiger partial charge < -0.3 is 16.2 Å². The highest BCUT2D eigenvalue weighted by molar-refractivity contribution is 5.78. The van der Waals surface area contributed by atoms with Crippen molar-refractivity contribution in [1.29, 1.82) is 0 Å². The van der Waals surface area contributed by atoms with Crippen LogP contribution in [-0.4, -0.2) is 46.2 Å². The first-order valence-electron chi connectivity index (χ1n) is 9.11. The van der Waals surface area contributed by atoms with Gasteiger partial charge in [-0.25, -0.2) is 9.59 Å². The van der Waals surface area contributed by atoms with Crippen LogP contribution in [0.25, 0.3) is 5.69 Å². The van der Waals surface area contributed by atoms with Crippen molar-refractivity contribution in [3.63, 3.8) is 0 Å². The Morgan fingerprint density at radius 3 is 2.52 bits per heavy atom. The molecule has 2 fully saturated rings. The minimum absolute atomic E-state index is 0.182. The molecule has 2 heterocycles. The van der Waals surface area contributed by atoms with Gasteiger partial charge in [0.15, 0.2) is 0 Å². The second-order valence-corrected chi connectivity index (χ2v) is 7.11. The zero-order valence-electron chi connectivity index (χ0n) is 15.1. The number of nitrogens with two attached hydrogens (primary N) is 2. The number of esters is 1. The summed E-state index contributed by atoms with van der Waals surface area (Å²) in [7, 11) is 0. The van der Waals surface area contributed by atoms with E-state index in [1.54, 1.807) is 31.3 Å². The predicted octanol–water partition coefficient (Wildman–Crippen LogP) is 0.308. The molecular weight excluding hydrogens is 346 g/mol. The van der Waals surface area contributed by atoms with E-state index in [-0.39, 0.29) is 17.8 Å². The van der Waals surface area contributed by atoms with Gasteiger partial charge in [0.05, 0.1) is 12.3 Å². The van der Waals surface area contributed by atoms with Gasteiger partial charge in [-0.15, -0.1) is 0 Å². The monoisotopic (exact) mass is 369 g/mol. The molecule has 0 amide bonds. The molecule has 1 aromatic carbocycles. The number of aromatic nitrogens is 2. The molecule has 3 atom stereocenters. The quantitative estimate of drug-likeness (QED) is 0.729. The van der Waals surface area contributed by atoms with Crippen LogP contribution in [-0.2, 0) is 9.53 Å². The fourth-order valence-corrected chi connectivity index (χ4v) is 3.96. The third-order valence-electron chi connectivity index (χ3n) is 5.48. The molecule has 0 bridgehead atoms. The number of nitrogens with zero attached hydrogens (tertiary/aromatic N) is 3. The number of likely N-dealkylation sites (tertiary alicyclic amines) is 1. The lowest BCUT2D eigenvalue weighted by Gasteiger charge is -2.28. The van der Waals surface area contributed by atoms with Gasteiger partial charge in [-0.1, -0.05) is 12.1 Å². The Hall–Kier alpha value is -2.71. The zero-order chi connectivity index (χ0) is 19.1. The van der Waals surface area contributed by atoms with Crippen molar-refractivity contribution in [2.45, 2.75) is 19.0 Å². The Morgan fingerprint density at radius 1 is 1.26 bits per heavy atom. The minimum atomic E-state index is -0.458. The number of fused-ring (bicyclic) bond motifs is 1. The van der Waals surface area contributed by atoms with E-state index < -0.39 is 11.7 Å². The lowest BCUT2D eigenvalue weighted by molar-refractivity contribution is -0.149. The molecule has 27 heavy (non-hydrogen) atoms. The largest absolute Gasteiger partial charge is 0.465 e. The fraction of sp³-hybridized carbons (Fsp3) is 0.421. The van der Waals surface area contributed by atoms with Crippen molar-refractivity contribution in [3.05, 3.63) is 52.6 Å². The second kappa shape index (κ2) is 6.79. The number of carbonyl (C=O) groups excluding carboxylic acids is 1. The number of benzene rings is 1. The maximum Gasteiger partial charge on any atom is 0.354 e. The molecular formula is C19H23N5O3. The van der Waals surface area contributed by atoms with Gasteiger partial charge in [0.1, 0.15) is 11.9 Å². The van der Waals surface area contributed by atoms with Crippen LogP contribution in [0.15, 0.2) is 41.3 Å². The highest BCUT2D eigenvalue weighted by atomic mass is 16.5. The highest BCUT2D eigenvalue weighted by Gasteiger charge is 2.55. The molecule has 1 saturated carbocycles. The molecule has 1 aromatic heterocycles. The van der Waals surface area contributed by atoms with Crippen LogP contribution in [0.1, 0.15) is 18.5 Å². The van der Waals surface area contributed by atoms with Crippen LogP contribution in [0.2, 0.25) is 0 Å². The maximum atomic E-state index is 12.6. The zero-order valence-corrected chi connectivity index (χ0v) is 15.1. The van der Waals surface area contributed by atoms with Gasteiger partial charge in [-0.05, 0) is 42.5 Å². The molecule has 142 valence electrons. The Morgan fingerprint density at radius 2 is 1.93 bits per heavy atom. The number of anilines is 1. The molecule has 8 heteroatoms. The topological polar surface area (TPSA) is 116 Å². The van der Waals surface area contributed by atoms with Crippen LogP contribution in [0.4, 0.5) is 5.82 Å². The van der Waals surface area contributed by atoms with Gasteiger partial charge in [0.2, 0.25) is 0 Å². The summed E-state index contributed by atoms with van der Waals surface area (Å²) in [6, 6.07) is 8.66. The Bertz CT molecular complexity index is 898. The van der Waals surface area contributed by atoms with E-state index in [2.05, 4.69) is 9.88 Å². The summed E-state index contributed by atoms with van der Waals surface area (Å²) in [6.07, 6.45) is 1.58. The molecule has 2 aromatic rings. The first-order valence-corrected chi connectivity index (χ1v) is 9.11. The highest BCUT2D eigenvalue weighted by Crippen LogP contribution is 2.46. The van der Waals surface area contributed by atoms with Crippen LogP contribution in [0, 0.1) is 11.8 Å². The van der Waals surface area contributed by atoms with Gasteiger partial charge in [-0.2, -0.15) is 4.98 Å². The lowest BCUT2D eigenvalue weighted by atomic mass is 10.0. The Kier molecular flexibility index (Phi) is 4.45. The van der Waals surface area contributed by atoms with E-state index in [0.717, 1.165) is 18.7 Å². The molecule has 1 aliphatic carbocycles. The number of nitrogen functional groups attached to an aromatic ring is 1. The van der Waals surface area contributed by atoms with Gasteiger partial charge in [-0.3, -0.25) is 9.47 Å². The number of hydrogen-bond donors (Lipinski definition) is 2. The van der Waals surface area contributed by atoms with E-state index in [9.17, 15) is 9.59 Å². The van der Waals surface area contributed by atoms with Gasteiger partial charge in [0, 0.05) is 25.3 Å². The van der Waals surface area contributed by atoms with E-state index in [4.69, 9.17) is 16.2 Å². The molecule has 0 spiro atoms. The maximum absolute atomic E-state index is 12.6. The van der Waals surface area contributed by atoms with Crippen LogP contribution < -0.4 is 17.2 Å². The summed E-state index contributed by atoms with van der Waals surface area (Å²) in [5.41, 5.74) is 12.6. The molecule has 0 radical (unpaired) electrons. The van der Waals surface area contributed by atoms with Gasteiger partial charge >= 0.3 is 11.7 Å². The van der Waals surface area contributed by atoms with Crippen molar-refractivity contribution in [3.8, 4) is 5.69 Å².